The first-order valence-electron chi connectivity index (χ1n) is 9.27. The minimum absolute atomic E-state index is 0.101. The maximum absolute atomic E-state index is 13.2. The molecular weight excluding hydrogens is 442 g/mol. The summed E-state index contributed by atoms with van der Waals surface area (Å²) in [6.45, 7) is 1.98. The topological polar surface area (TPSA) is 99.0 Å². The standard InChI is InChI=1S/C19H19N5O3S3/c1-3-15-22-23-18(30-15)21-14(25)10-29-19-20-13-7-8-28-16(13)17(26)24(19)11-5-4-6-12(9-11)27-2/h4-6,9H,3,7-8,10H2,1-2H3,(H,21,23,25). The molecule has 1 aliphatic heterocycles. The molecule has 0 bridgehead atoms. The number of amides is 1. The normalized spacial score (nSPS) is 12.6. The summed E-state index contributed by atoms with van der Waals surface area (Å²) in [5, 5.41) is 12.5. The fourth-order valence-electron chi connectivity index (χ4n) is 2.90. The molecule has 8 nitrogen and oxygen atoms in total. The second-order valence-electron chi connectivity index (χ2n) is 6.30. The van der Waals surface area contributed by atoms with Gasteiger partial charge in [0, 0.05) is 18.2 Å². The van der Waals surface area contributed by atoms with Gasteiger partial charge in [-0.15, -0.1) is 22.0 Å². The predicted octanol–water partition coefficient (Wildman–Crippen LogP) is 3.03. The number of nitrogens with zero attached hydrogens (tertiary/aromatic N) is 4. The highest BCUT2D eigenvalue weighted by Crippen LogP contribution is 2.30. The van der Waals surface area contributed by atoms with Gasteiger partial charge in [-0.3, -0.25) is 19.5 Å². The molecule has 0 aliphatic carbocycles. The number of ether oxygens (including phenoxy) is 1. The summed E-state index contributed by atoms with van der Waals surface area (Å²) in [6.07, 6.45) is 1.52. The molecular formula is C19H19N5O3S3. The molecule has 1 aromatic carbocycles. The number of nitrogens with one attached hydrogen (secondary N) is 1. The Balaban J connectivity index is 1.61. The van der Waals surface area contributed by atoms with E-state index in [1.54, 1.807) is 17.7 Å². The van der Waals surface area contributed by atoms with Crippen LogP contribution in [-0.2, 0) is 17.6 Å². The Morgan fingerprint density at radius 2 is 2.23 bits per heavy atom. The minimum atomic E-state index is -0.222. The van der Waals surface area contributed by atoms with Crippen molar-refractivity contribution in [2.75, 3.05) is 23.9 Å². The molecule has 0 saturated heterocycles. The first kappa shape index (κ1) is 20.9. The summed E-state index contributed by atoms with van der Waals surface area (Å²) in [5.74, 6) is 1.36. The second kappa shape index (κ2) is 9.19. The van der Waals surface area contributed by atoms with Gasteiger partial charge in [0.15, 0.2) is 5.16 Å². The van der Waals surface area contributed by atoms with Crippen molar-refractivity contribution in [2.24, 2.45) is 0 Å². The summed E-state index contributed by atoms with van der Waals surface area (Å²) < 4.78 is 6.85. The highest BCUT2D eigenvalue weighted by atomic mass is 32.2. The van der Waals surface area contributed by atoms with Crippen LogP contribution in [-0.4, -0.2) is 44.3 Å². The number of fused-ring (bicyclic) bond motifs is 1. The van der Waals surface area contributed by atoms with Crippen LogP contribution in [0, 0.1) is 0 Å². The number of aromatic nitrogens is 4. The number of carbonyl (C=O) groups is 1. The second-order valence-corrected chi connectivity index (χ2v) is 9.41. The van der Waals surface area contributed by atoms with Gasteiger partial charge in [0.05, 0.1) is 29.1 Å². The molecule has 1 amide bonds. The van der Waals surface area contributed by atoms with Crippen molar-refractivity contribution in [3.8, 4) is 11.4 Å². The largest absolute Gasteiger partial charge is 0.497 e. The molecule has 4 rings (SSSR count). The van der Waals surface area contributed by atoms with Gasteiger partial charge < -0.3 is 4.74 Å². The van der Waals surface area contributed by atoms with Crippen molar-refractivity contribution in [1.29, 1.82) is 0 Å². The first-order valence-corrected chi connectivity index (χ1v) is 12.1. The maximum atomic E-state index is 13.2. The number of thioether (sulfide) groups is 2. The fraction of sp³-hybridized carbons (Fsp3) is 0.316. The van der Waals surface area contributed by atoms with Gasteiger partial charge in [-0.2, -0.15) is 0 Å². The molecule has 1 N–H and O–H groups in total. The van der Waals surface area contributed by atoms with E-state index in [4.69, 9.17) is 9.72 Å². The third-order valence-electron chi connectivity index (χ3n) is 4.33. The third-order valence-corrected chi connectivity index (χ3v) is 7.35. The van der Waals surface area contributed by atoms with Crippen LogP contribution in [0.4, 0.5) is 5.13 Å². The Bertz CT molecular complexity index is 1140. The lowest BCUT2D eigenvalue weighted by molar-refractivity contribution is -0.113. The third kappa shape index (κ3) is 4.37. The van der Waals surface area contributed by atoms with Crippen molar-refractivity contribution in [3.63, 3.8) is 0 Å². The van der Waals surface area contributed by atoms with Crippen molar-refractivity contribution in [2.45, 2.75) is 29.8 Å². The highest BCUT2D eigenvalue weighted by Gasteiger charge is 2.23. The summed E-state index contributed by atoms with van der Waals surface area (Å²) in [6, 6.07) is 7.25. The number of anilines is 1. The lowest BCUT2D eigenvalue weighted by Gasteiger charge is -2.14. The number of hydrogen-bond acceptors (Lipinski definition) is 9. The van der Waals surface area contributed by atoms with E-state index >= 15 is 0 Å². The van der Waals surface area contributed by atoms with Gasteiger partial charge in [-0.25, -0.2) is 4.98 Å². The van der Waals surface area contributed by atoms with Crippen molar-refractivity contribution < 1.29 is 9.53 Å². The summed E-state index contributed by atoms with van der Waals surface area (Å²) in [4.78, 5) is 31.0. The fourth-order valence-corrected chi connectivity index (χ4v) is 5.45. The average molecular weight is 462 g/mol. The van der Waals surface area contributed by atoms with Crippen molar-refractivity contribution in [1.82, 2.24) is 19.7 Å². The lowest BCUT2D eigenvalue weighted by Crippen LogP contribution is -2.24. The summed E-state index contributed by atoms with van der Waals surface area (Å²) in [7, 11) is 1.58. The monoisotopic (exact) mass is 461 g/mol. The molecule has 30 heavy (non-hydrogen) atoms. The van der Waals surface area contributed by atoms with E-state index < -0.39 is 0 Å². The lowest BCUT2D eigenvalue weighted by atomic mass is 10.3. The zero-order valence-electron chi connectivity index (χ0n) is 16.4. The molecule has 0 saturated carbocycles. The molecule has 2 aromatic heterocycles. The molecule has 0 unspecified atom stereocenters. The van der Waals surface area contributed by atoms with E-state index in [-0.39, 0.29) is 17.2 Å². The Labute approximate surface area is 185 Å². The van der Waals surface area contributed by atoms with Crippen LogP contribution >= 0.6 is 34.9 Å². The number of rotatable bonds is 7. The molecule has 3 heterocycles. The highest BCUT2D eigenvalue weighted by molar-refractivity contribution is 8.00. The molecule has 3 aromatic rings. The SMILES string of the molecule is CCc1nnc(NC(=O)CSc2nc3c(c(=O)n2-c2cccc(OC)c2)SCC3)s1. The van der Waals surface area contributed by atoms with Gasteiger partial charge in [-0.05, 0) is 18.6 Å². The Hall–Kier alpha value is -2.37. The minimum Gasteiger partial charge on any atom is -0.497 e. The van der Waals surface area contributed by atoms with E-state index in [2.05, 4.69) is 15.5 Å². The predicted molar refractivity (Wildman–Crippen MR) is 119 cm³/mol. The maximum Gasteiger partial charge on any atom is 0.272 e. The van der Waals surface area contributed by atoms with E-state index in [0.717, 1.165) is 29.3 Å². The molecule has 156 valence electrons. The van der Waals surface area contributed by atoms with Gasteiger partial charge in [0.2, 0.25) is 11.0 Å². The Kier molecular flexibility index (Phi) is 6.40. The quantitative estimate of drug-likeness (QED) is 0.423. The van der Waals surface area contributed by atoms with E-state index in [9.17, 15) is 9.59 Å². The first-order chi connectivity index (χ1) is 14.6. The van der Waals surface area contributed by atoms with Crippen molar-refractivity contribution in [3.05, 3.63) is 45.3 Å². The smallest absolute Gasteiger partial charge is 0.272 e. The van der Waals surface area contributed by atoms with Crippen molar-refractivity contribution >= 4 is 45.9 Å². The average Bonchev–Trinajstić information content (AvgIpc) is 3.41. The van der Waals surface area contributed by atoms with Crippen LogP contribution in [0.1, 0.15) is 17.6 Å². The number of hydrogen-bond donors (Lipinski definition) is 1. The molecule has 0 fully saturated rings. The van der Waals surface area contributed by atoms with Gasteiger partial charge in [0.1, 0.15) is 10.8 Å². The van der Waals surface area contributed by atoms with Crippen LogP contribution < -0.4 is 15.6 Å². The molecule has 0 atom stereocenters. The zero-order valence-corrected chi connectivity index (χ0v) is 18.8. The van der Waals surface area contributed by atoms with Crippen LogP contribution in [0.3, 0.4) is 0 Å². The van der Waals surface area contributed by atoms with Crippen LogP contribution in [0.2, 0.25) is 0 Å². The van der Waals surface area contributed by atoms with Gasteiger partial charge in [-0.1, -0.05) is 36.1 Å². The van der Waals surface area contributed by atoms with E-state index in [0.29, 0.717) is 26.6 Å². The number of carbonyl (C=O) groups excluding carboxylic acids is 1. The molecule has 0 radical (unpaired) electrons. The number of aryl methyl sites for hydroxylation is 2. The summed E-state index contributed by atoms with van der Waals surface area (Å²) >= 11 is 4.10. The number of benzene rings is 1. The van der Waals surface area contributed by atoms with E-state index in [1.165, 1.54) is 34.9 Å². The van der Waals surface area contributed by atoms with Gasteiger partial charge >= 0.3 is 0 Å². The van der Waals surface area contributed by atoms with Crippen LogP contribution in [0.25, 0.3) is 5.69 Å². The molecule has 0 spiro atoms. The number of methoxy groups -OCH3 is 1. The van der Waals surface area contributed by atoms with Crippen LogP contribution in [0.15, 0.2) is 39.1 Å². The molecule has 11 heteroatoms. The zero-order chi connectivity index (χ0) is 21.1. The Morgan fingerprint density at radius 1 is 1.37 bits per heavy atom. The Morgan fingerprint density at radius 3 is 3.00 bits per heavy atom. The van der Waals surface area contributed by atoms with E-state index in [1.807, 2.05) is 25.1 Å². The summed E-state index contributed by atoms with van der Waals surface area (Å²) in [5.41, 5.74) is 1.33. The molecule has 1 aliphatic rings. The van der Waals surface area contributed by atoms with Gasteiger partial charge in [0.25, 0.3) is 5.56 Å². The van der Waals surface area contributed by atoms with Crippen LogP contribution in [0.5, 0.6) is 5.75 Å².